The summed E-state index contributed by atoms with van der Waals surface area (Å²) in [6.07, 6.45) is 2.11. The van der Waals surface area contributed by atoms with Gasteiger partial charge >= 0.3 is 0 Å². The minimum atomic E-state index is 0.0251. The third kappa shape index (κ3) is 3.44. The van der Waals surface area contributed by atoms with Gasteiger partial charge in [0.05, 0.1) is 13.2 Å². The van der Waals surface area contributed by atoms with E-state index in [0.717, 1.165) is 25.9 Å². The van der Waals surface area contributed by atoms with Crippen LogP contribution in [0.1, 0.15) is 12.8 Å². The third-order valence-corrected chi connectivity index (χ3v) is 3.00. The Morgan fingerprint density at radius 1 is 1.67 bits per heavy atom. The molecular weight excluding hydrogens is 194 g/mol. The van der Waals surface area contributed by atoms with Gasteiger partial charge in [-0.05, 0) is 19.9 Å². The third-order valence-electron chi connectivity index (χ3n) is 3.00. The molecule has 0 aromatic rings. The summed E-state index contributed by atoms with van der Waals surface area (Å²) in [5, 5.41) is 8.85. The number of aliphatic hydroxyl groups is 1. The molecule has 1 amide bonds. The van der Waals surface area contributed by atoms with Gasteiger partial charge in [0, 0.05) is 25.7 Å². The molecule has 0 saturated carbocycles. The number of amides is 1. The van der Waals surface area contributed by atoms with Crippen LogP contribution >= 0.6 is 0 Å². The standard InChI is InChI=1S/C10H21N3O2/c1-12(5-6-14)9-3-2-4-13(8-9)10(15)7-11/h9,14H,2-8,11H2,1H3. The van der Waals surface area contributed by atoms with Gasteiger partial charge in [0.15, 0.2) is 0 Å². The number of likely N-dealkylation sites (N-methyl/N-ethyl adjacent to an activating group) is 1. The topological polar surface area (TPSA) is 69.8 Å². The van der Waals surface area contributed by atoms with Crippen molar-refractivity contribution in [3.8, 4) is 0 Å². The smallest absolute Gasteiger partial charge is 0.236 e. The number of rotatable bonds is 4. The molecule has 0 aromatic carbocycles. The van der Waals surface area contributed by atoms with Crippen LogP contribution in [0.5, 0.6) is 0 Å². The van der Waals surface area contributed by atoms with Gasteiger partial charge in [0.25, 0.3) is 0 Å². The molecule has 1 fully saturated rings. The zero-order valence-electron chi connectivity index (χ0n) is 9.35. The molecular formula is C10H21N3O2. The molecule has 0 radical (unpaired) electrons. The number of carbonyl (C=O) groups is 1. The summed E-state index contributed by atoms with van der Waals surface area (Å²) < 4.78 is 0. The van der Waals surface area contributed by atoms with Gasteiger partial charge < -0.3 is 15.7 Å². The first-order valence-corrected chi connectivity index (χ1v) is 5.48. The quantitative estimate of drug-likeness (QED) is 0.622. The van der Waals surface area contributed by atoms with Crippen molar-refractivity contribution < 1.29 is 9.90 Å². The number of carbonyl (C=O) groups excluding carboxylic acids is 1. The highest BCUT2D eigenvalue weighted by Crippen LogP contribution is 2.14. The van der Waals surface area contributed by atoms with Crippen molar-refractivity contribution >= 4 is 5.91 Å². The van der Waals surface area contributed by atoms with E-state index < -0.39 is 0 Å². The van der Waals surface area contributed by atoms with E-state index in [1.54, 1.807) is 0 Å². The van der Waals surface area contributed by atoms with Crippen molar-refractivity contribution in [3.63, 3.8) is 0 Å². The number of likely N-dealkylation sites (tertiary alicyclic amines) is 1. The molecule has 1 aliphatic heterocycles. The summed E-state index contributed by atoms with van der Waals surface area (Å²) >= 11 is 0. The Balaban J connectivity index is 2.44. The molecule has 1 saturated heterocycles. The number of nitrogens with two attached hydrogens (primary N) is 1. The maximum Gasteiger partial charge on any atom is 0.236 e. The second-order valence-electron chi connectivity index (χ2n) is 4.04. The predicted molar refractivity (Wildman–Crippen MR) is 58.4 cm³/mol. The monoisotopic (exact) mass is 215 g/mol. The van der Waals surface area contributed by atoms with E-state index in [9.17, 15) is 4.79 Å². The molecule has 15 heavy (non-hydrogen) atoms. The van der Waals surface area contributed by atoms with Crippen molar-refractivity contribution in [2.45, 2.75) is 18.9 Å². The Morgan fingerprint density at radius 2 is 2.40 bits per heavy atom. The van der Waals surface area contributed by atoms with Gasteiger partial charge in [0.1, 0.15) is 0 Å². The van der Waals surface area contributed by atoms with Gasteiger partial charge in [-0.15, -0.1) is 0 Å². The molecule has 3 N–H and O–H groups in total. The number of nitrogens with zero attached hydrogens (tertiary/aromatic N) is 2. The van der Waals surface area contributed by atoms with Crippen molar-refractivity contribution in [3.05, 3.63) is 0 Å². The van der Waals surface area contributed by atoms with Gasteiger partial charge in [-0.3, -0.25) is 9.69 Å². The number of hydrogen-bond acceptors (Lipinski definition) is 4. The molecule has 1 atom stereocenters. The summed E-state index contributed by atoms with van der Waals surface area (Å²) in [5.41, 5.74) is 5.34. The molecule has 5 heteroatoms. The van der Waals surface area contributed by atoms with Crippen LogP contribution in [0.2, 0.25) is 0 Å². The van der Waals surface area contributed by atoms with E-state index >= 15 is 0 Å². The summed E-state index contributed by atoms with van der Waals surface area (Å²) in [5.74, 6) is 0.0251. The lowest BCUT2D eigenvalue weighted by Gasteiger charge is -2.37. The maximum absolute atomic E-state index is 11.4. The van der Waals surface area contributed by atoms with Crippen LogP contribution in [0, 0.1) is 0 Å². The average molecular weight is 215 g/mol. The average Bonchev–Trinajstić information content (AvgIpc) is 2.28. The summed E-state index contributed by atoms with van der Waals surface area (Å²) in [4.78, 5) is 15.4. The lowest BCUT2D eigenvalue weighted by atomic mass is 10.0. The Hall–Kier alpha value is -0.650. The van der Waals surface area contributed by atoms with Crippen LogP contribution in [0.25, 0.3) is 0 Å². The molecule has 1 unspecified atom stereocenters. The summed E-state index contributed by atoms with van der Waals surface area (Å²) in [6.45, 7) is 2.48. The van der Waals surface area contributed by atoms with Crippen LogP contribution in [0.3, 0.4) is 0 Å². The number of hydrogen-bond donors (Lipinski definition) is 2. The molecule has 1 heterocycles. The first-order valence-electron chi connectivity index (χ1n) is 5.48. The highest BCUT2D eigenvalue weighted by molar-refractivity contribution is 5.78. The van der Waals surface area contributed by atoms with Gasteiger partial charge in [-0.2, -0.15) is 0 Å². The maximum atomic E-state index is 11.4. The minimum Gasteiger partial charge on any atom is -0.395 e. The molecule has 0 bridgehead atoms. The Morgan fingerprint density at radius 3 is 3.00 bits per heavy atom. The lowest BCUT2D eigenvalue weighted by Crippen LogP contribution is -2.50. The highest BCUT2D eigenvalue weighted by Gasteiger charge is 2.24. The van der Waals surface area contributed by atoms with Crippen LogP contribution < -0.4 is 5.73 Å². The predicted octanol–water partition coefficient (Wildman–Crippen LogP) is -1.14. The van der Waals surface area contributed by atoms with E-state index in [1.165, 1.54) is 0 Å². The lowest BCUT2D eigenvalue weighted by molar-refractivity contribution is -0.131. The van der Waals surface area contributed by atoms with Crippen LogP contribution in [0.15, 0.2) is 0 Å². The van der Waals surface area contributed by atoms with Crippen LogP contribution in [-0.2, 0) is 4.79 Å². The van der Waals surface area contributed by atoms with Crippen LogP contribution in [0.4, 0.5) is 0 Å². The molecule has 0 spiro atoms. The van der Waals surface area contributed by atoms with Crippen LogP contribution in [-0.4, -0.2) is 66.7 Å². The number of piperidine rings is 1. The zero-order valence-corrected chi connectivity index (χ0v) is 9.35. The van der Waals surface area contributed by atoms with Crippen molar-refractivity contribution in [1.82, 2.24) is 9.80 Å². The molecule has 1 aliphatic rings. The molecule has 0 aliphatic carbocycles. The normalized spacial score (nSPS) is 22.1. The largest absolute Gasteiger partial charge is 0.395 e. The second-order valence-corrected chi connectivity index (χ2v) is 4.04. The van der Waals surface area contributed by atoms with E-state index in [1.807, 2.05) is 11.9 Å². The highest BCUT2D eigenvalue weighted by atomic mass is 16.3. The van der Waals surface area contributed by atoms with Crippen molar-refractivity contribution in [1.29, 1.82) is 0 Å². The Kier molecular flexibility index (Phi) is 5.01. The zero-order chi connectivity index (χ0) is 11.3. The van der Waals surface area contributed by atoms with Gasteiger partial charge in [0.2, 0.25) is 5.91 Å². The van der Waals surface area contributed by atoms with E-state index in [-0.39, 0.29) is 19.1 Å². The van der Waals surface area contributed by atoms with Crippen molar-refractivity contribution in [2.24, 2.45) is 5.73 Å². The first kappa shape index (κ1) is 12.4. The first-order chi connectivity index (χ1) is 7.19. The molecule has 5 nitrogen and oxygen atoms in total. The fourth-order valence-electron chi connectivity index (χ4n) is 2.01. The van der Waals surface area contributed by atoms with E-state index in [4.69, 9.17) is 10.8 Å². The van der Waals surface area contributed by atoms with E-state index in [0.29, 0.717) is 12.6 Å². The fraction of sp³-hybridized carbons (Fsp3) is 0.900. The summed E-state index contributed by atoms with van der Waals surface area (Å²) in [7, 11) is 1.98. The van der Waals surface area contributed by atoms with Gasteiger partial charge in [-0.25, -0.2) is 0 Å². The van der Waals surface area contributed by atoms with Gasteiger partial charge in [-0.1, -0.05) is 0 Å². The molecule has 1 rings (SSSR count). The Bertz CT molecular complexity index is 211. The van der Waals surface area contributed by atoms with E-state index in [2.05, 4.69) is 4.90 Å². The minimum absolute atomic E-state index is 0.0251. The summed E-state index contributed by atoms with van der Waals surface area (Å²) in [6, 6.07) is 0.362. The fourth-order valence-corrected chi connectivity index (χ4v) is 2.01. The second kappa shape index (κ2) is 6.05. The molecule has 0 aromatic heterocycles. The Labute approximate surface area is 90.8 Å². The number of aliphatic hydroxyl groups excluding tert-OH is 1. The SMILES string of the molecule is CN(CCO)C1CCCN(C(=O)CN)C1. The molecule has 88 valence electrons. The van der Waals surface area contributed by atoms with Crippen molar-refractivity contribution in [2.75, 3.05) is 39.8 Å².